The lowest BCUT2D eigenvalue weighted by molar-refractivity contribution is -0.122. The molecule has 0 unspecified atom stereocenters. The number of rotatable bonds is 3. The Balaban J connectivity index is 1.72. The second kappa shape index (κ2) is 6.32. The van der Waals surface area contributed by atoms with Gasteiger partial charge in [0.2, 0.25) is 11.8 Å². The number of nitrogens with zero attached hydrogens (tertiary/aromatic N) is 2. The van der Waals surface area contributed by atoms with Crippen molar-refractivity contribution in [2.45, 2.75) is 6.42 Å². The van der Waals surface area contributed by atoms with Gasteiger partial charge in [-0.3, -0.25) is 9.59 Å². The predicted molar refractivity (Wildman–Crippen MR) is 86.7 cm³/mol. The van der Waals surface area contributed by atoms with Crippen LogP contribution in [-0.2, 0) is 9.59 Å². The van der Waals surface area contributed by atoms with Gasteiger partial charge in [0.1, 0.15) is 6.07 Å². The molecular weight excluding hydrogens is 290 g/mol. The molecule has 0 radical (unpaired) electrons. The van der Waals surface area contributed by atoms with E-state index in [2.05, 4.69) is 5.32 Å². The Morgan fingerprint density at radius 3 is 2.57 bits per heavy atom. The number of para-hydroxylation sites is 2. The summed E-state index contributed by atoms with van der Waals surface area (Å²) in [6.07, 6.45) is 0.176. The molecule has 0 aromatic heterocycles. The van der Waals surface area contributed by atoms with Gasteiger partial charge in [0.25, 0.3) is 0 Å². The lowest BCUT2D eigenvalue weighted by Gasteiger charge is -2.16. The number of carbonyl (C=O) groups is 2. The SMILES string of the molecule is N#Cc1ccccc1NC(=O)[C@H]1CC(=O)N(c2ccccc2)C1. The van der Waals surface area contributed by atoms with Gasteiger partial charge in [0.05, 0.1) is 17.2 Å². The van der Waals surface area contributed by atoms with E-state index < -0.39 is 5.92 Å². The van der Waals surface area contributed by atoms with E-state index in [1.54, 1.807) is 29.2 Å². The molecule has 1 atom stereocenters. The Hall–Kier alpha value is -3.13. The molecular formula is C18H15N3O2. The molecule has 1 fully saturated rings. The number of nitrogens with one attached hydrogen (secondary N) is 1. The minimum Gasteiger partial charge on any atom is -0.325 e. The van der Waals surface area contributed by atoms with Crippen molar-refractivity contribution in [2.75, 3.05) is 16.8 Å². The van der Waals surface area contributed by atoms with Crippen LogP contribution in [0.1, 0.15) is 12.0 Å². The summed E-state index contributed by atoms with van der Waals surface area (Å²) in [6.45, 7) is 0.351. The largest absolute Gasteiger partial charge is 0.325 e. The summed E-state index contributed by atoms with van der Waals surface area (Å²) in [5.41, 5.74) is 1.68. The number of hydrogen-bond acceptors (Lipinski definition) is 3. The number of nitriles is 1. The summed E-state index contributed by atoms with van der Waals surface area (Å²) in [6, 6.07) is 18.2. The first-order valence-corrected chi connectivity index (χ1v) is 7.34. The third kappa shape index (κ3) is 3.06. The molecule has 2 aromatic rings. The van der Waals surface area contributed by atoms with Crippen LogP contribution in [0.3, 0.4) is 0 Å². The highest BCUT2D eigenvalue weighted by atomic mass is 16.2. The Morgan fingerprint density at radius 2 is 1.83 bits per heavy atom. The summed E-state index contributed by atoms with van der Waals surface area (Å²) >= 11 is 0. The van der Waals surface area contributed by atoms with Crippen LogP contribution in [0.25, 0.3) is 0 Å². The Bertz CT molecular complexity index is 780. The van der Waals surface area contributed by atoms with E-state index in [1.165, 1.54) is 0 Å². The molecule has 1 saturated heterocycles. The number of hydrogen-bond donors (Lipinski definition) is 1. The number of amides is 2. The maximum Gasteiger partial charge on any atom is 0.229 e. The van der Waals surface area contributed by atoms with Crippen molar-refractivity contribution >= 4 is 23.2 Å². The third-order valence-corrected chi connectivity index (χ3v) is 3.87. The van der Waals surface area contributed by atoms with Crippen molar-refractivity contribution in [1.29, 1.82) is 5.26 Å². The lowest BCUT2D eigenvalue weighted by atomic mass is 10.1. The molecule has 5 nitrogen and oxygen atoms in total. The van der Waals surface area contributed by atoms with Crippen molar-refractivity contribution in [2.24, 2.45) is 5.92 Å². The van der Waals surface area contributed by atoms with Gasteiger partial charge in [0, 0.05) is 18.7 Å². The highest BCUT2D eigenvalue weighted by molar-refractivity contribution is 6.03. The van der Waals surface area contributed by atoms with Gasteiger partial charge in [-0.1, -0.05) is 30.3 Å². The molecule has 5 heteroatoms. The van der Waals surface area contributed by atoms with Gasteiger partial charge in [0.15, 0.2) is 0 Å². The standard InChI is InChI=1S/C18H15N3O2/c19-11-13-6-4-5-9-16(13)20-18(23)14-10-17(22)21(12-14)15-7-2-1-3-8-15/h1-9,14H,10,12H2,(H,20,23)/t14-/m0/s1. The molecule has 0 aliphatic carbocycles. The monoisotopic (exact) mass is 305 g/mol. The molecule has 0 saturated carbocycles. The molecule has 114 valence electrons. The first-order chi connectivity index (χ1) is 11.2. The van der Waals surface area contributed by atoms with E-state index >= 15 is 0 Å². The van der Waals surface area contributed by atoms with E-state index in [-0.39, 0.29) is 18.2 Å². The quantitative estimate of drug-likeness (QED) is 0.947. The average Bonchev–Trinajstić information content (AvgIpc) is 2.98. The average molecular weight is 305 g/mol. The zero-order valence-electron chi connectivity index (χ0n) is 12.4. The fraction of sp³-hybridized carbons (Fsp3) is 0.167. The van der Waals surface area contributed by atoms with Crippen LogP contribution in [-0.4, -0.2) is 18.4 Å². The summed E-state index contributed by atoms with van der Waals surface area (Å²) in [7, 11) is 0. The van der Waals surface area contributed by atoms with Crippen LogP contribution < -0.4 is 10.2 Å². The maximum atomic E-state index is 12.4. The van der Waals surface area contributed by atoms with Crippen molar-refractivity contribution < 1.29 is 9.59 Å². The molecule has 3 rings (SSSR count). The van der Waals surface area contributed by atoms with Gasteiger partial charge in [-0.2, -0.15) is 5.26 Å². The van der Waals surface area contributed by atoms with Crippen LogP contribution in [0.2, 0.25) is 0 Å². The van der Waals surface area contributed by atoms with Crippen molar-refractivity contribution in [3.8, 4) is 6.07 Å². The molecule has 2 amide bonds. The first kappa shape index (κ1) is 14.8. The fourth-order valence-corrected chi connectivity index (χ4v) is 2.67. The topological polar surface area (TPSA) is 73.2 Å². The van der Waals surface area contributed by atoms with E-state index in [4.69, 9.17) is 5.26 Å². The fourth-order valence-electron chi connectivity index (χ4n) is 2.67. The van der Waals surface area contributed by atoms with Gasteiger partial charge in [-0.05, 0) is 24.3 Å². The summed E-state index contributed by atoms with van der Waals surface area (Å²) in [4.78, 5) is 26.2. The maximum absolute atomic E-state index is 12.4. The van der Waals surface area contributed by atoms with Crippen LogP contribution in [0.15, 0.2) is 54.6 Å². The molecule has 1 aliphatic rings. The molecule has 1 N–H and O–H groups in total. The first-order valence-electron chi connectivity index (χ1n) is 7.34. The van der Waals surface area contributed by atoms with Crippen molar-refractivity contribution in [3.63, 3.8) is 0 Å². The second-order valence-corrected chi connectivity index (χ2v) is 5.39. The summed E-state index contributed by atoms with van der Waals surface area (Å²) in [5.74, 6) is -0.723. The van der Waals surface area contributed by atoms with E-state index in [9.17, 15) is 9.59 Å². The molecule has 2 aromatic carbocycles. The van der Waals surface area contributed by atoms with E-state index in [0.717, 1.165) is 5.69 Å². The van der Waals surface area contributed by atoms with Crippen molar-refractivity contribution in [3.05, 3.63) is 60.2 Å². The molecule has 0 spiro atoms. The molecule has 0 bridgehead atoms. The van der Waals surface area contributed by atoms with Gasteiger partial charge in [-0.25, -0.2) is 0 Å². The van der Waals surface area contributed by atoms with Gasteiger partial charge in [-0.15, -0.1) is 0 Å². The van der Waals surface area contributed by atoms with Gasteiger partial charge < -0.3 is 10.2 Å². The third-order valence-electron chi connectivity index (χ3n) is 3.87. The smallest absolute Gasteiger partial charge is 0.229 e. The van der Waals surface area contributed by atoms with Crippen LogP contribution in [0.5, 0.6) is 0 Å². The van der Waals surface area contributed by atoms with Crippen LogP contribution in [0, 0.1) is 17.2 Å². The highest BCUT2D eigenvalue weighted by Crippen LogP contribution is 2.26. The zero-order chi connectivity index (χ0) is 16.2. The number of anilines is 2. The number of carbonyl (C=O) groups excluding carboxylic acids is 2. The molecule has 23 heavy (non-hydrogen) atoms. The normalized spacial score (nSPS) is 16.9. The van der Waals surface area contributed by atoms with Gasteiger partial charge >= 0.3 is 0 Å². The Labute approximate surface area is 134 Å². The van der Waals surface area contributed by atoms with Crippen molar-refractivity contribution in [1.82, 2.24) is 0 Å². The number of benzene rings is 2. The predicted octanol–water partition coefficient (Wildman–Crippen LogP) is 2.55. The van der Waals surface area contributed by atoms with E-state index in [0.29, 0.717) is 17.8 Å². The Kier molecular flexibility index (Phi) is 4.07. The summed E-state index contributed by atoms with van der Waals surface area (Å²) < 4.78 is 0. The van der Waals surface area contributed by atoms with Crippen LogP contribution >= 0.6 is 0 Å². The second-order valence-electron chi connectivity index (χ2n) is 5.39. The molecule has 1 aliphatic heterocycles. The minimum absolute atomic E-state index is 0.0649. The van der Waals surface area contributed by atoms with E-state index in [1.807, 2.05) is 36.4 Å². The lowest BCUT2D eigenvalue weighted by Crippen LogP contribution is -2.28. The minimum atomic E-state index is -0.422. The summed E-state index contributed by atoms with van der Waals surface area (Å²) in [5, 5.41) is 11.8. The highest BCUT2D eigenvalue weighted by Gasteiger charge is 2.35. The zero-order valence-corrected chi connectivity index (χ0v) is 12.4. The Morgan fingerprint density at radius 1 is 1.13 bits per heavy atom. The van der Waals surface area contributed by atoms with Crippen LogP contribution in [0.4, 0.5) is 11.4 Å². The molecule has 1 heterocycles.